The number of likely N-dealkylation sites (tertiary alicyclic amines) is 1. The summed E-state index contributed by atoms with van der Waals surface area (Å²) in [6.45, 7) is 3.66. The van der Waals surface area contributed by atoms with Crippen LogP contribution in [0, 0.1) is 6.92 Å². The fraction of sp³-hybridized carbons (Fsp3) is 0.231. The molecule has 1 amide bonds. The van der Waals surface area contributed by atoms with Crippen LogP contribution in [0.3, 0.4) is 0 Å². The molecule has 1 fully saturated rings. The molecule has 0 radical (unpaired) electrons. The predicted molar refractivity (Wildman–Crippen MR) is 131 cm³/mol. The summed E-state index contributed by atoms with van der Waals surface area (Å²) in [5.74, 6) is 0.816. The summed E-state index contributed by atoms with van der Waals surface area (Å²) >= 11 is 1.40. The fourth-order valence-electron chi connectivity index (χ4n) is 4.21. The number of carbonyl (C=O) groups excluding carboxylic acids is 1. The van der Waals surface area contributed by atoms with E-state index in [2.05, 4.69) is 37.3 Å². The summed E-state index contributed by atoms with van der Waals surface area (Å²) in [4.78, 5) is 21.4. The lowest BCUT2D eigenvalue weighted by Gasteiger charge is -2.14. The number of thiophene rings is 1. The number of amides is 1. The average Bonchev–Trinajstić information content (AvgIpc) is 3.47. The van der Waals surface area contributed by atoms with E-state index in [0.717, 1.165) is 64.3 Å². The molecule has 1 aliphatic rings. The van der Waals surface area contributed by atoms with Crippen LogP contribution in [-0.4, -0.2) is 36.0 Å². The Bertz CT molecular complexity index is 1290. The molecule has 2 aromatic heterocycles. The van der Waals surface area contributed by atoms with Crippen LogP contribution in [-0.2, 0) is 0 Å². The summed E-state index contributed by atoms with van der Waals surface area (Å²) in [6, 6.07) is 18.3. The molecule has 0 saturated carbocycles. The van der Waals surface area contributed by atoms with Crippen LogP contribution in [0.1, 0.15) is 28.1 Å². The summed E-state index contributed by atoms with van der Waals surface area (Å²) < 4.78 is 5.30. The summed E-state index contributed by atoms with van der Waals surface area (Å²) in [5, 5.41) is 0.860. The molecule has 162 valence electrons. The number of nitrogens with two attached hydrogens (primary N) is 1. The highest BCUT2D eigenvalue weighted by Crippen LogP contribution is 2.42. The lowest BCUT2D eigenvalue weighted by Crippen LogP contribution is -2.27. The van der Waals surface area contributed by atoms with E-state index in [9.17, 15) is 4.79 Å². The van der Waals surface area contributed by atoms with Crippen molar-refractivity contribution in [2.75, 3.05) is 25.9 Å². The Morgan fingerprint density at radius 1 is 1.03 bits per heavy atom. The van der Waals surface area contributed by atoms with Crippen molar-refractivity contribution in [3.8, 4) is 28.1 Å². The lowest BCUT2D eigenvalue weighted by atomic mass is 9.98. The van der Waals surface area contributed by atoms with E-state index in [1.807, 2.05) is 29.2 Å². The number of hydrogen-bond donors (Lipinski definition) is 1. The third-order valence-electron chi connectivity index (χ3n) is 6.03. The quantitative estimate of drug-likeness (QED) is 0.435. The molecule has 0 atom stereocenters. The van der Waals surface area contributed by atoms with Crippen LogP contribution in [0.4, 0.5) is 5.69 Å². The Hall–Kier alpha value is -3.38. The lowest BCUT2D eigenvalue weighted by molar-refractivity contribution is 0.0798. The Labute approximate surface area is 191 Å². The number of ether oxygens (including phenoxy) is 1. The van der Waals surface area contributed by atoms with E-state index >= 15 is 0 Å². The Balaban J connectivity index is 1.71. The van der Waals surface area contributed by atoms with Crippen molar-refractivity contribution in [1.82, 2.24) is 9.88 Å². The number of aromatic nitrogens is 1. The SMILES string of the molecule is COc1ccc(-c2cc(-c3ccc(C)cc3)c3c(N)c(C(=O)N4CCCC4)sc3n2)cc1. The molecule has 6 heteroatoms. The van der Waals surface area contributed by atoms with Crippen molar-refractivity contribution in [3.05, 3.63) is 65.0 Å². The first-order chi connectivity index (χ1) is 15.5. The van der Waals surface area contributed by atoms with E-state index in [1.165, 1.54) is 16.9 Å². The van der Waals surface area contributed by atoms with Gasteiger partial charge in [-0.1, -0.05) is 29.8 Å². The van der Waals surface area contributed by atoms with Gasteiger partial charge in [0.25, 0.3) is 5.91 Å². The van der Waals surface area contributed by atoms with Gasteiger partial charge >= 0.3 is 0 Å². The van der Waals surface area contributed by atoms with Gasteiger partial charge in [-0.3, -0.25) is 4.79 Å². The van der Waals surface area contributed by atoms with Gasteiger partial charge in [0.15, 0.2) is 0 Å². The molecular formula is C26H25N3O2S. The number of nitrogens with zero attached hydrogens (tertiary/aromatic N) is 2. The zero-order chi connectivity index (χ0) is 22.2. The topological polar surface area (TPSA) is 68.5 Å². The molecule has 3 heterocycles. The van der Waals surface area contributed by atoms with Crippen LogP contribution < -0.4 is 10.5 Å². The smallest absolute Gasteiger partial charge is 0.266 e. The van der Waals surface area contributed by atoms with E-state index in [-0.39, 0.29) is 5.91 Å². The number of aryl methyl sites for hydroxylation is 1. The monoisotopic (exact) mass is 443 g/mol. The maximum atomic E-state index is 13.2. The predicted octanol–water partition coefficient (Wildman–Crippen LogP) is 5.77. The highest BCUT2D eigenvalue weighted by Gasteiger charge is 2.26. The number of rotatable bonds is 4. The van der Waals surface area contributed by atoms with Gasteiger partial charge < -0.3 is 15.4 Å². The van der Waals surface area contributed by atoms with Gasteiger partial charge in [0.1, 0.15) is 15.5 Å². The van der Waals surface area contributed by atoms with Gasteiger partial charge in [-0.05, 0) is 61.2 Å². The van der Waals surface area contributed by atoms with Crippen molar-refractivity contribution < 1.29 is 9.53 Å². The maximum absolute atomic E-state index is 13.2. The second kappa shape index (κ2) is 8.28. The van der Waals surface area contributed by atoms with Gasteiger partial charge in [-0.2, -0.15) is 0 Å². The minimum atomic E-state index is 0.0175. The molecule has 1 aliphatic heterocycles. The third-order valence-corrected chi connectivity index (χ3v) is 7.12. The molecule has 32 heavy (non-hydrogen) atoms. The molecule has 4 aromatic rings. The van der Waals surface area contributed by atoms with Crippen molar-refractivity contribution in [2.24, 2.45) is 0 Å². The largest absolute Gasteiger partial charge is 0.497 e. The van der Waals surface area contributed by atoms with Gasteiger partial charge in [-0.25, -0.2) is 4.98 Å². The number of nitrogen functional groups attached to an aromatic ring is 1. The molecule has 5 nitrogen and oxygen atoms in total. The first-order valence-electron chi connectivity index (χ1n) is 10.8. The number of pyridine rings is 1. The zero-order valence-corrected chi connectivity index (χ0v) is 19.0. The molecular weight excluding hydrogens is 418 g/mol. The molecule has 1 saturated heterocycles. The van der Waals surface area contributed by atoms with Crippen LogP contribution in [0.2, 0.25) is 0 Å². The molecule has 2 aromatic carbocycles. The Kier molecular flexibility index (Phi) is 5.31. The minimum absolute atomic E-state index is 0.0175. The van der Waals surface area contributed by atoms with E-state index < -0.39 is 0 Å². The number of hydrogen-bond acceptors (Lipinski definition) is 5. The van der Waals surface area contributed by atoms with Gasteiger partial charge in [0, 0.05) is 24.0 Å². The molecule has 0 spiro atoms. The molecule has 5 rings (SSSR count). The van der Waals surface area contributed by atoms with Gasteiger partial charge in [0.2, 0.25) is 0 Å². The van der Waals surface area contributed by atoms with Crippen molar-refractivity contribution in [1.29, 1.82) is 0 Å². The Morgan fingerprint density at radius 3 is 2.34 bits per heavy atom. The zero-order valence-electron chi connectivity index (χ0n) is 18.2. The molecule has 0 aliphatic carbocycles. The summed E-state index contributed by atoms with van der Waals surface area (Å²) in [5.41, 5.74) is 12.2. The Morgan fingerprint density at radius 2 is 1.69 bits per heavy atom. The summed E-state index contributed by atoms with van der Waals surface area (Å²) in [6.07, 6.45) is 2.09. The number of anilines is 1. The second-order valence-corrected chi connectivity index (χ2v) is 9.17. The normalized spacial score (nSPS) is 13.6. The van der Waals surface area contributed by atoms with Crippen LogP contribution in [0.5, 0.6) is 5.75 Å². The average molecular weight is 444 g/mol. The molecule has 0 unspecified atom stereocenters. The number of carbonyl (C=O) groups is 1. The standard InChI is InChI=1S/C26H25N3O2S/c1-16-5-7-17(8-6-16)20-15-21(18-9-11-19(31-2)12-10-18)28-25-22(20)23(27)24(32-25)26(30)29-13-3-4-14-29/h5-12,15H,3-4,13-14,27H2,1-2H3. The second-order valence-electron chi connectivity index (χ2n) is 8.17. The molecule has 0 bridgehead atoms. The number of fused-ring (bicyclic) bond motifs is 1. The highest BCUT2D eigenvalue weighted by molar-refractivity contribution is 7.21. The molecule has 2 N–H and O–H groups in total. The summed E-state index contributed by atoms with van der Waals surface area (Å²) in [7, 11) is 1.65. The van der Waals surface area contributed by atoms with Crippen molar-refractivity contribution in [3.63, 3.8) is 0 Å². The van der Waals surface area contributed by atoms with Gasteiger partial charge in [-0.15, -0.1) is 11.3 Å². The number of benzene rings is 2. The van der Waals surface area contributed by atoms with Crippen molar-refractivity contribution in [2.45, 2.75) is 19.8 Å². The van der Waals surface area contributed by atoms with Crippen LogP contribution in [0.15, 0.2) is 54.6 Å². The third kappa shape index (κ3) is 3.60. The van der Waals surface area contributed by atoms with E-state index in [0.29, 0.717) is 10.6 Å². The van der Waals surface area contributed by atoms with Crippen LogP contribution in [0.25, 0.3) is 32.6 Å². The highest BCUT2D eigenvalue weighted by atomic mass is 32.1. The first-order valence-corrected chi connectivity index (χ1v) is 11.6. The maximum Gasteiger partial charge on any atom is 0.266 e. The van der Waals surface area contributed by atoms with Crippen LogP contribution >= 0.6 is 11.3 Å². The fourth-order valence-corrected chi connectivity index (χ4v) is 5.30. The first kappa shape index (κ1) is 20.5. The minimum Gasteiger partial charge on any atom is -0.497 e. The van der Waals surface area contributed by atoms with Crippen molar-refractivity contribution >= 4 is 33.1 Å². The number of methoxy groups -OCH3 is 1. The van der Waals surface area contributed by atoms with E-state index in [1.54, 1.807) is 7.11 Å². The van der Waals surface area contributed by atoms with Gasteiger partial charge in [0.05, 0.1) is 18.5 Å². The van der Waals surface area contributed by atoms with E-state index in [4.69, 9.17) is 15.5 Å².